The minimum atomic E-state index is 0.910. The van der Waals surface area contributed by atoms with Crippen molar-refractivity contribution < 1.29 is 0 Å². The maximum absolute atomic E-state index is 5.20. The van der Waals surface area contributed by atoms with Gasteiger partial charge in [-0.1, -0.05) is 26.2 Å². The quantitative estimate of drug-likeness (QED) is 0.523. The Hall–Kier alpha value is -0.480. The molecule has 0 spiro atoms. The van der Waals surface area contributed by atoms with Crippen LogP contribution in [0.4, 0.5) is 0 Å². The third-order valence-corrected chi connectivity index (χ3v) is 3.37. The molecule has 0 aromatic heterocycles. The fourth-order valence-electron chi connectivity index (χ4n) is 2.30. The van der Waals surface area contributed by atoms with Crippen LogP contribution in [-0.2, 0) is 0 Å². The summed E-state index contributed by atoms with van der Waals surface area (Å²) in [7, 11) is 0. The van der Waals surface area contributed by atoms with Crippen molar-refractivity contribution in [3.63, 3.8) is 0 Å². The van der Waals surface area contributed by atoms with Gasteiger partial charge in [0.05, 0.1) is 0 Å². The lowest BCUT2D eigenvalue weighted by Gasteiger charge is -2.28. The Morgan fingerprint density at radius 3 is 2.86 bits per heavy atom. The van der Waals surface area contributed by atoms with Gasteiger partial charge in [0, 0.05) is 6.42 Å². The highest BCUT2D eigenvalue weighted by molar-refractivity contribution is 4.83. The van der Waals surface area contributed by atoms with Crippen LogP contribution in [0.25, 0.3) is 0 Å². The Morgan fingerprint density at radius 2 is 2.14 bits per heavy atom. The Bertz CT molecular complexity index is 180. The molecule has 0 bridgehead atoms. The van der Waals surface area contributed by atoms with E-state index in [4.69, 9.17) is 6.42 Å². The van der Waals surface area contributed by atoms with Gasteiger partial charge in [-0.3, -0.25) is 0 Å². The first kappa shape index (κ1) is 11.6. The molecular weight excluding hydrogens is 170 g/mol. The van der Waals surface area contributed by atoms with E-state index in [9.17, 15) is 0 Å². The lowest BCUT2D eigenvalue weighted by atomic mass is 9.80. The van der Waals surface area contributed by atoms with E-state index < -0.39 is 0 Å². The molecule has 0 radical (unpaired) electrons. The van der Waals surface area contributed by atoms with Crippen LogP contribution >= 0.6 is 0 Å². The Kier molecular flexibility index (Phi) is 5.71. The predicted octanol–water partition coefficient (Wildman–Crippen LogP) is 2.82. The highest BCUT2D eigenvalue weighted by Gasteiger charge is 2.20. The topological polar surface area (TPSA) is 12.0 Å². The van der Waals surface area contributed by atoms with E-state index in [0.29, 0.717) is 0 Å². The average Bonchev–Trinajstić information content (AvgIpc) is 2.20. The standard InChI is InChI=1S/C13H23N/c1-3-4-7-10-14-11-13-9-6-5-8-12(13)2/h1,12-14H,4-11H2,2H3. The Morgan fingerprint density at radius 1 is 1.36 bits per heavy atom. The molecule has 2 unspecified atom stereocenters. The van der Waals surface area contributed by atoms with E-state index in [1.165, 1.54) is 32.2 Å². The van der Waals surface area contributed by atoms with Crippen molar-refractivity contribution >= 4 is 0 Å². The zero-order valence-electron chi connectivity index (χ0n) is 9.39. The van der Waals surface area contributed by atoms with Gasteiger partial charge in [-0.05, 0) is 37.8 Å². The van der Waals surface area contributed by atoms with Crippen molar-refractivity contribution in [3.05, 3.63) is 0 Å². The molecule has 0 heterocycles. The van der Waals surface area contributed by atoms with E-state index in [2.05, 4.69) is 18.2 Å². The minimum Gasteiger partial charge on any atom is -0.316 e. The number of hydrogen-bond donors (Lipinski definition) is 1. The van der Waals surface area contributed by atoms with E-state index in [1.54, 1.807) is 0 Å². The molecule has 1 heteroatoms. The van der Waals surface area contributed by atoms with E-state index in [-0.39, 0.29) is 0 Å². The molecule has 1 rings (SSSR count). The normalized spacial score (nSPS) is 27.1. The van der Waals surface area contributed by atoms with E-state index in [1.807, 2.05) is 0 Å². The van der Waals surface area contributed by atoms with Gasteiger partial charge in [-0.15, -0.1) is 12.3 Å². The lowest BCUT2D eigenvalue weighted by molar-refractivity contribution is 0.248. The van der Waals surface area contributed by atoms with Gasteiger partial charge in [0.2, 0.25) is 0 Å². The first-order chi connectivity index (χ1) is 6.84. The maximum atomic E-state index is 5.20. The van der Waals surface area contributed by atoms with Crippen molar-refractivity contribution in [2.24, 2.45) is 11.8 Å². The molecule has 0 aromatic carbocycles. The summed E-state index contributed by atoms with van der Waals surface area (Å²) >= 11 is 0. The zero-order chi connectivity index (χ0) is 10.2. The number of unbranched alkanes of at least 4 members (excludes halogenated alkanes) is 1. The molecular formula is C13H23N. The van der Waals surface area contributed by atoms with Gasteiger partial charge < -0.3 is 5.32 Å². The molecule has 80 valence electrons. The molecule has 1 fully saturated rings. The molecule has 1 N–H and O–H groups in total. The molecule has 1 nitrogen and oxygen atoms in total. The third-order valence-electron chi connectivity index (χ3n) is 3.37. The SMILES string of the molecule is C#CCCCNCC1CCCCC1C. The summed E-state index contributed by atoms with van der Waals surface area (Å²) in [6.07, 6.45) is 12.9. The average molecular weight is 193 g/mol. The largest absolute Gasteiger partial charge is 0.316 e. The lowest BCUT2D eigenvalue weighted by Crippen LogP contribution is -2.29. The monoisotopic (exact) mass is 193 g/mol. The highest BCUT2D eigenvalue weighted by atomic mass is 14.9. The van der Waals surface area contributed by atoms with Crippen LogP contribution in [0.2, 0.25) is 0 Å². The molecule has 2 atom stereocenters. The second-order valence-electron chi connectivity index (χ2n) is 4.53. The van der Waals surface area contributed by atoms with E-state index >= 15 is 0 Å². The summed E-state index contributed by atoms with van der Waals surface area (Å²) in [6.45, 7) is 4.69. The van der Waals surface area contributed by atoms with Crippen LogP contribution in [-0.4, -0.2) is 13.1 Å². The first-order valence-electron chi connectivity index (χ1n) is 5.98. The highest BCUT2D eigenvalue weighted by Crippen LogP contribution is 2.28. The summed E-state index contributed by atoms with van der Waals surface area (Å²) in [6, 6.07) is 0. The second kappa shape index (κ2) is 6.90. The molecule has 0 aliphatic heterocycles. The number of hydrogen-bond acceptors (Lipinski definition) is 1. The smallest absolute Gasteiger partial charge is 0.00981 e. The molecule has 0 amide bonds. The molecule has 1 aliphatic rings. The third kappa shape index (κ3) is 4.15. The Balaban J connectivity index is 2.02. The molecule has 1 saturated carbocycles. The minimum absolute atomic E-state index is 0.910. The zero-order valence-corrected chi connectivity index (χ0v) is 9.39. The van der Waals surface area contributed by atoms with Crippen LogP contribution < -0.4 is 5.32 Å². The molecule has 0 aromatic rings. The summed E-state index contributed by atoms with van der Waals surface area (Å²) in [5, 5.41) is 3.52. The Labute approximate surface area is 88.7 Å². The van der Waals surface area contributed by atoms with E-state index in [0.717, 1.165) is 31.2 Å². The van der Waals surface area contributed by atoms with Gasteiger partial charge in [-0.25, -0.2) is 0 Å². The van der Waals surface area contributed by atoms with Crippen molar-refractivity contribution in [1.29, 1.82) is 0 Å². The van der Waals surface area contributed by atoms with Crippen LogP contribution in [0.1, 0.15) is 45.4 Å². The van der Waals surface area contributed by atoms with Gasteiger partial charge in [0.1, 0.15) is 0 Å². The number of nitrogens with one attached hydrogen (secondary N) is 1. The van der Waals surface area contributed by atoms with Crippen LogP contribution in [0.15, 0.2) is 0 Å². The van der Waals surface area contributed by atoms with Gasteiger partial charge in [-0.2, -0.15) is 0 Å². The fraction of sp³-hybridized carbons (Fsp3) is 0.846. The van der Waals surface area contributed by atoms with Gasteiger partial charge in [0.25, 0.3) is 0 Å². The maximum Gasteiger partial charge on any atom is 0.00981 e. The summed E-state index contributed by atoms with van der Waals surface area (Å²) in [5.41, 5.74) is 0. The van der Waals surface area contributed by atoms with Gasteiger partial charge in [0.15, 0.2) is 0 Å². The molecule has 1 aliphatic carbocycles. The number of rotatable bonds is 5. The summed E-state index contributed by atoms with van der Waals surface area (Å²) < 4.78 is 0. The first-order valence-corrected chi connectivity index (χ1v) is 5.98. The predicted molar refractivity (Wildman–Crippen MR) is 62.1 cm³/mol. The summed E-state index contributed by atoms with van der Waals surface area (Å²) in [5.74, 6) is 4.51. The summed E-state index contributed by atoms with van der Waals surface area (Å²) in [4.78, 5) is 0. The van der Waals surface area contributed by atoms with Crippen LogP contribution in [0, 0.1) is 24.2 Å². The molecule has 14 heavy (non-hydrogen) atoms. The van der Waals surface area contributed by atoms with Crippen molar-refractivity contribution in [2.45, 2.75) is 45.4 Å². The molecule has 0 saturated heterocycles. The van der Waals surface area contributed by atoms with Crippen molar-refractivity contribution in [2.75, 3.05) is 13.1 Å². The number of terminal acetylenes is 1. The van der Waals surface area contributed by atoms with Gasteiger partial charge >= 0.3 is 0 Å². The second-order valence-corrected chi connectivity index (χ2v) is 4.53. The van der Waals surface area contributed by atoms with Crippen LogP contribution in [0.5, 0.6) is 0 Å². The van der Waals surface area contributed by atoms with Crippen molar-refractivity contribution in [1.82, 2.24) is 5.32 Å². The van der Waals surface area contributed by atoms with Crippen molar-refractivity contribution in [3.8, 4) is 12.3 Å². The van der Waals surface area contributed by atoms with Crippen LogP contribution in [0.3, 0.4) is 0 Å². The fourth-order valence-corrected chi connectivity index (χ4v) is 2.30.